The fourth-order valence-electron chi connectivity index (χ4n) is 1.10. The van der Waals surface area contributed by atoms with Crippen molar-refractivity contribution in [1.29, 1.82) is 0 Å². The van der Waals surface area contributed by atoms with Gasteiger partial charge in [-0.25, -0.2) is 4.79 Å². The van der Waals surface area contributed by atoms with E-state index in [-0.39, 0.29) is 5.69 Å². The van der Waals surface area contributed by atoms with E-state index in [2.05, 4.69) is 12.6 Å². The van der Waals surface area contributed by atoms with E-state index in [0.29, 0.717) is 12.3 Å². The van der Waals surface area contributed by atoms with E-state index in [1.165, 1.54) is 0 Å². The summed E-state index contributed by atoms with van der Waals surface area (Å²) in [6.07, 6.45) is 7.47. The summed E-state index contributed by atoms with van der Waals surface area (Å²) < 4.78 is 3.35. The van der Waals surface area contributed by atoms with Gasteiger partial charge in [-0.15, -0.1) is 0 Å². The Labute approximate surface area is 83.1 Å². The van der Waals surface area contributed by atoms with Gasteiger partial charge in [-0.2, -0.15) is 12.6 Å². The Kier molecular flexibility index (Phi) is 3.89. The molecule has 3 nitrogen and oxygen atoms in total. The summed E-state index contributed by atoms with van der Waals surface area (Å²) in [5, 5.41) is 0. The first kappa shape index (κ1) is 10.2. The summed E-state index contributed by atoms with van der Waals surface area (Å²) in [5.41, 5.74) is 0.0475. The number of nitrogens with zero attached hydrogens (tertiary/aromatic N) is 2. The molecule has 0 unspecified atom stereocenters. The lowest BCUT2D eigenvalue weighted by molar-refractivity contribution is 0.674. The number of thiol groups is 1. The molecule has 0 aliphatic heterocycles. The van der Waals surface area contributed by atoms with Gasteiger partial charge in [-0.1, -0.05) is 12.2 Å². The summed E-state index contributed by atoms with van der Waals surface area (Å²) in [6.45, 7) is 3.31. The molecule has 0 amide bonds. The molecule has 0 spiro atoms. The molecular weight excluding hydrogens is 184 g/mol. The lowest BCUT2D eigenvalue weighted by atomic mass is 10.5. The molecule has 0 N–H and O–H groups in total. The average Bonchev–Trinajstić information content (AvgIpc) is 2.48. The van der Waals surface area contributed by atoms with Crippen LogP contribution in [0.4, 0.5) is 0 Å². The van der Waals surface area contributed by atoms with Gasteiger partial charge in [-0.05, 0) is 6.92 Å². The van der Waals surface area contributed by atoms with Crippen LogP contribution in [0.1, 0.15) is 6.92 Å². The van der Waals surface area contributed by atoms with Gasteiger partial charge in [0, 0.05) is 31.2 Å². The molecule has 1 aromatic heterocycles. The van der Waals surface area contributed by atoms with Crippen molar-refractivity contribution in [3.8, 4) is 0 Å². The molecular formula is C9H14N2OS. The molecule has 1 heterocycles. The Hall–Kier alpha value is -0.900. The predicted molar refractivity (Wildman–Crippen MR) is 57.4 cm³/mol. The highest BCUT2D eigenvalue weighted by Gasteiger charge is 1.97. The van der Waals surface area contributed by atoms with Crippen molar-refractivity contribution in [2.45, 2.75) is 20.0 Å². The van der Waals surface area contributed by atoms with Gasteiger partial charge < -0.3 is 0 Å². The SMILES string of the molecule is CCn1ccn(C/C=C/CS)c1=O. The zero-order chi connectivity index (χ0) is 9.68. The van der Waals surface area contributed by atoms with Gasteiger partial charge in [0.1, 0.15) is 0 Å². The summed E-state index contributed by atoms with van der Waals surface area (Å²) >= 11 is 4.04. The second kappa shape index (κ2) is 4.97. The fourth-order valence-corrected chi connectivity index (χ4v) is 1.24. The Morgan fingerprint density at radius 2 is 2.08 bits per heavy atom. The molecule has 1 aromatic rings. The first-order chi connectivity index (χ1) is 6.29. The maximum absolute atomic E-state index is 11.5. The third-order valence-corrected chi connectivity index (χ3v) is 2.04. The van der Waals surface area contributed by atoms with Crippen molar-refractivity contribution in [1.82, 2.24) is 9.13 Å². The fraction of sp³-hybridized carbons (Fsp3) is 0.444. The van der Waals surface area contributed by atoms with Crippen LogP contribution < -0.4 is 5.69 Å². The average molecular weight is 198 g/mol. The second-order valence-electron chi connectivity index (χ2n) is 2.67. The van der Waals surface area contributed by atoms with Crippen LogP contribution in [-0.2, 0) is 13.1 Å². The molecule has 0 aromatic carbocycles. The summed E-state index contributed by atoms with van der Waals surface area (Å²) in [7, 11) is 0. The minimum absolute atomic E-state index is 0.0475. The van der Waals surface area contributed by atoms with Gasteiger partial charge in [0.25, 0.3) is 0 Å². The van der Waals surface area contributed by atoms with Crippen molar-refractivity contribution in [3.05, 3.63) is 35.0 Å². The minimum Gasteiger partial charge on any atom is -0.300 e. The van der Waals surface area contributed by atoms with Crippen LogP contribution in [0.3, 0.4) is 0 Å². The maximum atomic E-state index is 11.5. The molecule has 0 saturated heterocycles. The molecule has 0 bridgehead atoms. The molecule has 0 atom stereocenters. The molecule has 4 heteroatoms. The Balaban J connectivity index is 2.73. The lowest BCUT2D eigenvalue weighted by Crippen LogP contribution is -2.22. The smallest absolute Gasteiger partial charge is 0.300 e. The maximum Gasteiger partial charge on any atom is 0.328 e. The number of hydrogen-bond donors (Lipinski definition) is 1. The van der Waals surface area contributed by atoms with E-state index < -0.39 is 0 Å². The molecule has 0 aliphatic carbocycles. The van der Waals surface area contributed by atoms with Gasteiger partial charge >= 0.3 is 5.69 Å². The van der Waals surface area contributed by atoms with Crippen LogP contribution in [0.25, 0.3) is 0 Å². The van der Waals surface area contributed by atoms with E-state index in [9.17, 15) is 4.79 Å². The second-order valence-corrected chi connectivity index (χ2v) is 3.04. The molecule has 72 valence electrons. The van der Waals surface area contributed by atoms with E-state index in [1.807, 2.05) is 19.1 Å². The Morgan fingerprint density at radius 1 is 1.38 bits per heavy atom. The van der Waals surface area contributed by atoms with E-state index in [1.54, 1.807) is 21.5 Å². The van der Waals surface area contributed by atoms with Gasteiger partial charge in [0.15, 0.2) is 0 Å². The third kappa shape index (κ3) is 2.52. The highest BCUT2D eigenvalue weighted by molar-refractivity contribution is 7.80. The summed E-state index contributed by atoms with van der Waals surface area (Å²) in [5.74, 6) is 0.712. The minimum atomic E-state index is 0.0475. The van der Waals surface area contributed by atoms with Crippen molar-refractivity contribution >= 4 is 12.6 Å². The number of allylic oxidation sites excluding steroid dienone is 1. The van der Waals surface area contributed by atoms with Crippen molar-refractivity contribution in [2.24, 2.45) is 0 Å². The molecule has 0 saturated carbocycles. The van der Waals surface area contributed by atoms with E-state index >= 15 is 0 Å². The van der Waals surface area contributed by atoms with Crippen molar-refractivity contribution < 1.29 is 0 Å². The largest absolute Gasteiger partial charge is 0.328 e. The number of aryl methyl sites for hydroxylation is 1. The van der Waals surface area contributed by atoms with Crippen LogP contribution in [-0.4, -0.2) is 14.9 Å². The normalized spacial score (nSPS) is 11.2. The number of aromatic nitrogens is 2. The Morgan fingerprint density at radius 3 is 2.62 bits per heavy atom. The lowest BCUT2D eigenvalue weighted by Gasteiger charge is -1.94. The van der Waals surface area contributed by atoms with Crippen LogP contribution in [0.2, 0.25) is 0 Å². The van der Waals surface area contributed by atoms with Crippen LogP contribution in [0.15, 0.2) is 29.3 Å². The monoisotopic (exact) mass is 198 g/mol. The van der Waals surface area contributed by atoms with Crippen LogP contribution in [0, 0.1) is 0 Å². The molecule has 1 rings (SSSR count). The highest BCUT2D eigenvalue weighted by atomic mass is 32.1. The summed E-state index contributed by atoms with van der Waals surface area (Å²) in [6, 6.07) is 0. The molecule has 13 heavy (non-hydrogen) atoms. The van der Waals surface area contributed by atoms with E-state index in [4.69, 9.17) is 0 Å². The van der Waals surface area contributed by atoms with Crippen LogP contribution >= 0.6 is 12.6 Å². The third-order valence-electron chi connectivity index (χ3n) is 1.83. The quantitative estimate of drug-likeness (QED) is 0.570. The standard InChI is InChI=1S/C9H14N2OS/c1-2-10-6-7-11(9(10)12)5-3-4-8-13/h3-4,6-7,13H,2,5,8H2,1H3/b4-3+. The predicted octanol–water partition coefficient (Wildman–Crippen LogP) is 1.16. The van der Waals surface area contributed by atoms with Gasteiger partial charge in [-0.3, -0.25) is 9.13 Å². The first-order valence-corrected chi connectivity index (χ1v) is 4.94. The highest BCUT2D eigenvalue weighted by Crippen LogP contribution is 1.87. The van der Waals surface area contributed by atoms with E-state index in [0.717, 1.165) is 6.54 Å². The number of imidazole rings is 1. The zero-order valence-corrected chi connectivity index (χ0v) is 8.58. The van der Waals surface area contributed by atoms with Crippen molar-refractivity contribution in [3.63, 3.8) is 0 Å². The van der Waals surface area contributed by atoms with Gasteiger partial charge in [0.05, 0.1) is 0 Å². The topological polar surface area (TPSA) is 26.9 Å². The molecule has 0 radical (unpaired) electrons. The van der Waals surface area contributed by atoms with Gasteiger partial charge in [0.2, 0.25) is 0 Å². The molecule has 0 fully saturated rings. The number of hydrogen-bond acceptors (Lipinski definition) is 2. The Bertz CT molecular complexity index is 338. The zero-order valence-electron chi connectivity index (χ0n) is 7.68. The number of rotatable bonds is 4. The summed E-state index contributed by atoms with van der Waals surface area (Å²) in [4.78, 5) is 11.5. The first-order valence-electron chi connectivity index (χ1n) is 4.31. The van der Waals surface area contributed by atoms with Crippen LogP contribution in [0.5, 0.6) is 0 Å². The molecule has 0 aliphatic rings. The van der Waals surface area contributed by atoms with Crippen molar-refractivity contribution in [2.75, 3.05) is 5.75 Å².